The molecule has 0 aliphatic carbocycles. The van der Waals surface area contributed by atoms with Gasteiger partial charge in [0.15, 0.2) is 0 Å². The van der Waals surface area contributed by atoms with E-state index >= 15 is 0 Å². The minimum atomic E-state index is -2.34. The van der Waals surface area contributed by atoms with Gasteiger partial charge in [-0.3, -0.25) is 14.4 Å². The maximum atomic E-state index is 14.4. The standard InChI is InChI=1S/C66H108N3O9P3/c1-31-67(32-2)55(70)64(25,26)43-37-46(58(7,8)9)52(47(38-43)59(10,11)12)73-79-76-80(74-53-48(60(13,14)15)39-44(40-49(53)61(16,17)18)65(27,28)56(71)68(33-3)34-4)78-81(77-79)75-54-50(62(19,20)21)41-45(42-51(54)63(22,23)24)66(29,30)57(72)69(35-5)36-6/h37-42H,31-36H2,1-30H3. The Bertz CT molecular complexity index is 2310. The monoisotopic (exact) mass is 1180 g/mol. The summed E-state index contributed by atoms with van der Waals surface area (Å²) in [6.07, 6.45) is 0. The fraction of sp³-hybridized carbons (Fsp3) is 0.682. The molecule has 1 aliphatic heterocycles. The third kappa shape index (κ3) is 15.8. The normalized spacial score (nSPS) is 17.2. The van der Waals surface area contributed by atoms with E-state index in [1.807, 2.05) is 97.8 Å². The van der Waals surface area contributed by atoms with E-state index in [2.05, 4.69) is 161 Å². The van der Waals surface area contributed by atoms with Crippen molar-refractivity contribution in [3.05, 3.63) is 86.5 Å². The van der Waals surface area contributed by atoms with Gasteiger partial charge >= 0.3 is 25.8 Å². The molecule has 0 aromatic heterocycles. The summed E-state index contributed by atoms with van der Waals surface area (Å²) in [6, 6.07) is 12.7. The molecule has 1 fully saturated rings. The topological polar surface area (TPSA) is 116 Å². The molecule has 456 valence electrons. The van der Waals surface area contributed by atoms with E-state index in [0.29, 0.717) is 56.5 Å². The van der Waals surface area contributed by atoms with Crippen LogP contribution in [0.4, 0.5) is 0 Å². The van der Waals surface area contributed by atoms with Crippen LogP contribution in [0.3, 0.4) is 0 Å². The first kappa shape index (κ1) is 70.1. The zero-order chi connectivity index (χ0) is 62.4. The maximum Gasteiger partial charge on any atom is 0.413 e. The second-order valence-electron chi connectivity index (χ2n) is 29.7. The van der Waals surface area contributed by atoms with Crippen LogP contribution in [0.25, 0.3) is 0 Å². The van der Waals surface area contributed by atoms with Gasteiger partial charge in [-0.05, 0) is 132 Å². The molecule has 1 saturated heterocycles. The smallest absolute Gasteiger partial charge is 0.413 e. The van der Waals surface area contributed by atoms with Crippen LogP contribution in [-0.2, 0) is 76.1 Å². The number of likely N-dealkylation sites (N-methyl/N-ethyl adjacent to an activating group) is 3. The Balaban J connectivity index is 2.13. The summed E-state index contributed by atoms with van der Waals surface area (Å²) in [5.74, 6) is 1.98. The SMILES string of the molecule is CCN(CC)C(=O)C(C)(C)c1cc(C(C)(C)C)c(OP2OP(Oc3c(C(C)(C)C)cc(C(C)(C)C(=O)N(CC)CC)cc3C(C)(C)C)OP(Oc3c(C(C)(C)C)cc(C(C)(C)C(=O)N(CC)CC)cc3C(C)(C)C)O2)c(C(C)(C)C)c1. The summed E-state index contributed by atoms with van der Waals surface area (Å²) < 4.78 is 42.8. The van der Waals surface area contributed by atoms with Gasteiger partial charge in [0.1, 0.15) is 17.2 Å². The Kier molecular flexibility index (Phi) is 21.9. The van der Waals surface area contributed by atoms with Crippen LogP contribution in [0.1, 0.15) is 258 Å². The lowest BCUT2D eigenvalue weighted by atomic mass is 9.73. The van der Waals surface area contributed by atoms with Crippen molar-refractivity contribution in [2.45, 2.75) is 256 Å². The van der Waals surface area contributed by atoms with Crippen LogP contribution in [0.5, 0.6) is 17.2 Å². The first-order valence-electron chi connectivity index (χ1n) is 29.6. The number of rotatable bonds is 18. The second kappa shape index (κ2) is 25.3. The first-order valence-corrected chi connectivity index (χ1v) is 32.9. The van der Waals surface area contributed by atoms with Gasteiger partial charge in [0.2, 0.25) is 17.7 Å². The molecule has 3 aromatic carbocycles. The van der Waals surface area contributed by atoms with Crippen molar-refractivity contribution >= 4 is 43.5 Å². The van der Waals surface area contributed by atoms with E-state index in [1.54, 1.807) is 0 Å². The Morgan fingerprint density at radius 3 is 0.593 bits per heavy atom. The number of carbonyl (C=O) groups excluding carboxylic acids is 3. The predicted octanol–water partition coefficient (Wildman–Crippen LogP) is 18.2. The van der Waals surface area contributed by atoms with Gasteiger partial charge in [0.05, 0.1) is 16.2 Å². The Morgan fingerprint density at radius 1 is 0.321 bits per heavy atom. The Hall–Kier alpha value is -3.36. The van der Waals surface area contributed by atoms with E-state index in [9.17, 15) is 14.4 Å². The van der Waals surface area contributed by atoms with Gasteiger partial charge < -0.3 is 28.3 Å². The van der Waals surface area contributed by atoms with Crippen molar-refractivity contribution in [1.29, 1.82) is 0 Å². The molecule has 0 unspecified atom stereocenters. The molecule has 1 heterocycles. The fourth-order valence-corrected chi connectivity index (χ4v) is 14.5. The molecular formula is C66H108N3O9P3. The summed E-state index contributed by atoms with van der Waals surface area (Å²) in [4.78, 5) is 48.7. The number of hydrogen-bond acceptors (Lipinski definition) is 9. The molecule has 4 rings (SSSR count). The van der Waals surface area contributed by atoms with Crippen molar-refractivity contribution in [2.75, 3.05) is 39.3 Å². The zero-order valence-corrected chi connectivity index (χ0v) is 58.7. The quantitative estimate of drug-likeness (QED) is 0.115. The Morgan fingerprint density at radius 2 is 0.469 bits per heavy atom. The van der Waals surface area contributed by atoms with Crippen LogP contribution >= 0.6 is 25.8 Å². The van der Waals surface area contributed by atoms with Crippen molar-refractivity contribution in [1.82, 2.24) is 14.7 Å². The molecule has 0 saturated carbocycles. The van der Waals surface area contributed by atoms with Gasteiger partial charge in [-0.25, -0.2) is 12.9 Å². The molecule has 81 heavy (non-hydrogen) atoms. The van der Waals surface area contributed by atoms with Crippen molar-refractivity contribution in [2.24, 2.45) is 0 Å². The van der Waals surface area contributed by atoms with E-state index in [4.69, 9.17) is 26.5 Å². The average Bonchev–Trinajstić information content (AvgIpc) is 3.32. The minimum absolute atomic E-state index is 0.0552. The third-order valence-electron chi connectivity index (χ3n) is 15.9. The van der Waals surface area contributed by atoms with Crippen molar-refractivity contribution < 1.29 is 40.9 Å². The van der Waals surface area contributed by atoms with E-state index in [1.165, 1.54) is 0 Å². The predicted molar refractivity (Wildman–Crippen MR) is 340 cm³/mol. The molecule has 0 radical (unpaired) electrons. The van der Waals surface area contributed by atoms with Crippen LogP contribution in [-0.4, -0.2) is 71.7 Å². The molecule has 12 nitrogen and oxygen atoms in total. The van der Waals surface area contributed by atoms with Crippen molar-refractivity contribution in [3.8, 4) is 17.2 Å². The number of benzene rings is 3. The van der Waals surface area contributed by atoms with Gasteiger partial charge in [0, 0.05) is 72.6 Å². The minimum Gasteiger partial charge on any atom is -0.426 e. The average molecular weight is 1180 g/mol. The van der Waals surface area contributed by atoms with Crippen molar-refractivity contribution in [3.63, 3.8) is 0 Å². The number of nitrogens with zero attached hydrogens (tertiary/aromatic N) is 3. The van der Waals surface area contributed by atoms with E-state index in [-0.39, 0.29) is 17.7 Å². The molecular weight excluding hydrogens is 1070 g/mol. The molecule has 15 heteroatoms. The van der Waals surface area contributed by atoms with Crippen LogP contribution in [0.2, 0.25) is 0 Å². The first-order chi connectivity index (χ1) is 36.7. The third-order valence-corrected chi connectivity index (χ3v) is 20.1. The van der Waals surface area contributed by atoms with Crippen LogP contribution < -0.4 is 13.6 Å². The lowest BCUT2D eigenvalue weighted by Gasteiger charge is -2.38. The maximum absolute atomic E-state index is 14.4. The summed E-state index contributed by atoms with van der Waals surface area (Å²) in [6.45, 7) is 66.6. The summed E-state index contributed by atoms with van der Waals surface area (Å²) >= 11 is 0. The number of hydrogen-bond donors (Lipinski definition) is 0. The largest absolute Gasteiger partial charge is 0.426 e. The summed E-state index contributed by atoms with van der Waals surface area (Å²) in [5, 5.41) is 0. The number of carbonyl (C=O) groups is 3. The highest BCUT2D eigenvalue weighted by atomic mass is 31.3. The fourth-order valence-electron chi connectivity index (χ4n) is 10.2. The molecule has 3 aromatic rings. The molecule has 0 atom stereocenters. The summed E-state index contributed by atoms with van der Waals surface area (Å²) in [7, 11) is -7.03. The van der Waals surface area contributed by atoms with Gasteiger partial charge in [-0.15, -0.1) is 0 Å². The van der Waals surface area contributed by atoms with Gasteiger partial charge in [0.25, 0.3) is 0 Å². The molecule has 0 spiro atoms. The Labute approximate surface area is 496 Å². The molecule has 3 amide bonds. The van der Waals surface area contributed by atoms with Gasteiger partial charge in [-0.1, -0.05) is 161 Å². The highest BCUT2D eigenvalue weighted by Crippen LogP contribution is 2.73. The lowest BCUT2D eigenvalue weighted by Crippen LogP contribution is -2.43. The van der Waals surface area contributed by atoms with E-state index in [0.717, 1.165) is 50.1 Å². The summed E-state index contributed by atoms with van der Waals surface area (Å²) in [5.41, 5.74) is 2.65. The van der Waals surface area contributed by atoms with Crippen LogP contribution in [0, 0.1) is 0 Å². The second-order valence-corrected chi connectivity index (χ2v) is 33.5. The molecule has 1 aliphatic rings. The van der Waals surface area contributed by atoms with Gasteiger partial charge in [-0.2, -0.15) is 0 Å². The van der Waals surface area contributed by atoms with Crippen LogP contribution in [0.15, 0.2) is 36.4 Å². The molecule has 0 bridgehead atoms. The lowest BCUT2D eigenvalue weighted by molar-refractivity contribution is -0.136. The van der Waals surface area contributed by atoms with E-state index < -0.39 is 74.5 Å². The highest BCUT2D eigenvalue weighted by Gasteiger charge is 2.47. The number of amides is 3. The molecule has 0 N–H and O–H groups in total. The zero-order valence-electron chi connectivity index (χ0n) is 56.1. The highest BCUT2D eigenvalue weighted by molar-refractivity contribution is 7.69.